The average molecular weight is 175 g/mol. The van der Waals surface area contributed by atoms with Gasteiger partial charge in [-0.05, 0) is 12.1 Å². The molecule has 2 heterocycles. The maximum Gasteiger partial charge on any atom is 0.241 e. The summed E-state index contributed by atoms with van der Waals surface area (Å²) in [6.45, 7) is 3.64. The van der Waals surface area contributed by atoms with Crippen LogP contribution in [0.4, 0.5) is 0 Å². The minimum atomic E-state index is 0.491. The molecule has 0 amide bonds. The molecule has 0 spiro atoms. The normalized spacial score (nSPS) is 10.2. The number of aromatic nitrogens is 3. The van der Waals surface area contributed by atoms with Crippen molar-refractivity contribution >= 4 is 17.2 Å². The lowest BCUT2D eigenvalue weighted by Crippen LogP contribution is -1.94. The molecule has 0 saturated heterocycles. The van der Waals surface area contributed by atoms with Crippen LogP contribution in [-0.2, 0) is 0 Å². The lowest BCUT2D eigenvalue weighted by atomic mass is 10.4. The van der Waals surface area contributed by atoms with E-state index in [-0.39, 0.29) is 0 Å². The van der Waals surface area contributed by atoms with E-state index < -0.39 is 0 Å². The number of nitrogens with one attached hydrogen (secondary N) is 1. The summed E-state index contributed by atoms with van der Waals surface area (Å²) in [5, 5.41) is 0. The highest BCUT2D eigenvalue weighted by molar-refractivity contribution is 5.73. The lowest BCUT2D eigenvalue weighted by Gasteiger charge is -2.01. The van der Waals surface area contributed by atoms with Gasteiger partial charge >= 0.3 is 0 Å². The predicted molar refractivity (Wildman–Crippen MR) is 50.5 cm³/mol. The third-order valence-electron chi connectivity index (χ3n) is 1.76. The Hall–Kier alpha value is -1.84. The average Bonchev–Trinajstić information content (AvgIpc) is 2.62. The van der Waals surface area contributed by atoms with E-state index in [0.29, 0.717) is 11.6 Å². The molecule has 0 atom stereocenters. The molecule has 1 N–H and O–H groups in total. The molecular formula is C9H9N3O. The SMILES string of the molecule is C=Cc1nc2cc[nH]c2nc1OC. The van der Waals surface area contributed by atoms with Gasteiger partial charge in [-0.2, -0.15) is 4.98 Å². The lowest BCUT2D eigenvalue weighted by molar-refractivity contribution is 0.396. The van der Waals surface area contributed by atoms with Crippen LogP contribution >= 0.6 is 0 Å². The van der Waals surface area contributed by atoms with E-state index in [4.69, 9.17) is 4.74 Å². The predicted octanol–water partition coefficient (Wildman–Crippen LogP) is 1.61. The van der Waals surface area contributed by atoms with Gasteiger partial charge in [0.15, 0.2) is 5.65 Å². The molecule has 0 radical (unpaired) electrons. The van der Waals surface area contributed by atoms with Gasteiger partial charge < -0.3 is 9.72 Å². The molecule has 0 unspecified atom stereocenters. The molecule has 2 aromatic rings. The Morgan fingerprint density at radius 1 is 1.54 bits per heavy atom. The van der Waals surface area contributed by atoms with E-state index in [1.807, 2.05) is 6.07 Å². The van der Waals surface area contributed by atoms with Gasteiger partial charge in [0.25, 0.3) is 0 Å². The fraction of sp³-hybridized carbons (Fsp3) is 0.111. The van der Waals surface area contributed by atoms with Crippen LogP contribution in [-0.4, -0.2) is 22.1 Å². The summed E-state index contributed by atoms with van der Waals surface area (Å²) in [5.41, 5.74) is 2.20. The molecule has 4 nitrogen and oxygen atoms in total. The Kier molecular flexibility index (Phi) is 1.73. The van der Waals surface area contributed by atoms with Gasteiger partial charge in [0.05, 0.1) is 7.11 Å². The molecule has 0 fully saturated rings. The minimum Gasteiger partial charge on any atom is -0.479 e. The van der Waals surface area contributed by atoms with Crippen molar-refractivity contribution < 1.29 is 4.74 Å². The molecule has 0 saturated carbocycles. The summed E-state index contributed by atoms with van der Waals surface area (Å²) in [5.74, 6) is 0.491. The number of H-pyrrole nitrogens is 1. The number of aromatic amines is 1. The maximum atomic E-state index is 5.05. The zero-order chi connectivity index (χ0) is 9.26. The van der Waals surface area contributed by atoms with E-state index in [1.165, 1.54) is 0 Å². The van der Waals surface area contributed by atoms with Crippen LogP contribution in [0.3, 0.4) is 0 Å². The molecule has 2 rings (SSSR count). The second-order valence-corrected chi connectivity index (χ2v) is 2.53. The van der Waals surface area contributed by atoms with Crippen LogP contribution in [0.25, 0.3) is 17.2 Å². The van der Waals surface area contributed by atoms with Gasteiger partial charge in [-0.25, -0.2) is 4.98 Å². The molecule has 2 aromatic heterocycles. The third kappa shape index (κ3) is 1.16. The van der Waals surface area contributed by atoms with Crippen molar-refractivity contribution in [2.45, 2.75) is 0 Å². The van der Waals surface area contributed by atoms with Crippen LogP contribution in [0.2, 0.25) is 0 Å². The van der Waals surface area contributed by atoms with Crippen LogP contribution in [0, 0.1) is 0 Å². The van der Waals surface area contributed by atoms with E-state index in [0.717, 1.165) is 11.2 Å². The van der Waals surface area contributed by atoms with Crippen LogP contribution in [0.1, 0.15) is 5.69 Å². The summed E-state index contributed by atoms with van der Waals surface area (Å²) < 4.78 is 5.05. The van der Waals surface area contributed by atoms with Gasteiger partial charge in [0.1, 0.15) is 11.2 Å². The van der Waals surface area contributed by atoms with E-state index in [1.54, 1.807) is 19.4 Å². The summed E-state index contributed by atoms with van der Waals surface area (Å²) in [6.07, 6.45) is 3.41. The molecule has 4 heteroatoms. The Bertz CT molecular complexity index is 447. The van der Waals surface area contributed by atoms with Crippen molar-refractivity contribution in [1.82, 2.24) is 15.0 Å². The van der Waals surface area contributed by atoms with E-state index in [2.05, 4.69) is 21.5 Å². The molecular weight excluding hydrogens is 166 g/mol. The first-order valence-corrected chi connectivity index (χ1v) is 3.86. The molecule has 0 aliphatic carbocycles. The smallest absolute Gasteiger partial charge is 0.241 e. The fourth-order valence-electron chi connectivity index (χ4n) is 1.15. The first-order chi connectivity index (χ1) is 6.35. The standard InChI is InChI=1S/C9H9N3O/c1-3-6-9(13-2)12-8-7(11-6)4-5-10-8/h3-5H,1H2,2H3,(H,10,12). The first-order valence-electron chi connectivity index (χ1n) is 3.86. The van der Waals surface area contributed by atoms with Crippen molar-refractivity contribution in [3.8, 4) is 5.88 Å². The van der Waals surface area contributed by atoms with E-state index in [9.17, 15) is 0 Å². The maximum absolute atomic E-state index is 5.05. The largest absolute Gasteiger partial charge is 0.479 e. The van der Waals surface area contributed by atoms with Crippen molar-refractivity contribution in [3.63, 3.8) is 0 Å². The molecule has 13 heavy (non-hydrogen) atoms. The zero-order valence-corrected chi connectivity index (χ0v) is 7.24. The highest BCUT2D eigenvalue weighted by Gasteiger charge is 2.05. The van der Waals surface area contributed by atoms with Gasteiger partial charge in [-0.15, -0.1) is 0 Å². The topological polar surface area (TPSA) is 50.8 Å². The van der Waals surface area contributed by atoms with Gasteiger partial charge in [-0.3, -0.25) is 0 Å². The van der Waals surface area contributed by atoms with Crippen LogP contribution in [0.15, 0.2) is 18.8 Å². The summed E-state index contributed by atoms with van der Waals surface area (Å²) in [6, 6.07) is 1.86. The number of hydrogen-bond acceptors (Lipinski definition) is 3. The highest BCUT2D eigenvalue weighted by atomic mass is 16.5. The van der Waals surface area contributed by atoms with Crippen molar-refractivity contribution in [1.29, 1.82) is 0 Å². The second kappa shape index (κ2) is 2.90. The van der Waals surface area contributed by atoms with Gasteiger partial charge in [0.2, 0.25) is 5.88 Å². The first kappa shape index (κ1) is 7.79. The number of fused-ring (bicyclic) bond motifs is 1. The number of rotatable bonds is 2. The molecule has 0 aromatic carbocycles. The molecule has 66 valence electrons. The molecule has 0 aliphatic rings. The Morgan fingerprint density at radius 3 is 3.08 bits per heavy atom. The molecule has 0 aliphatic heterocycles. The quantitative estimate of drug-likeness (QED) is 0.754. The number of ether oxygens (including phenoxy) is 1. The summed E-state index contributed by atoms with van der Waals surface area (Å²) >= 11 is 0. The monoisotopic (exact) mass is 175 g/mol. The summed E-state index contributed by atoms with van der Waals surface area (Å²) in [7, 11) is 1.56. The zero-order valence-electron chi connectivity index (χ0n) is 7.24. The van der Waals surface area contributed by atoms with Crippen molar-refractivity contribution in [2.24, 2.45) is 0 Å². The van der Waals surface area contributed by atoms with Crippen molar-refractivity contribution in [3.05, 3.63) is 24.5 Å². The summed E-state index contributed by atoms with van der Waals surface area (Å²) in [4.78, 5) is 11.5. The Labute approximate surface area is 75.3 Å². The second-order valence-electron chi connectivity index (χ2n) is 2.53. The molecule has 0 bridgehead atoms. The van der Waals surface area contributed by atoms with Crippen LogP contribution in [0.5, 0.6) is 5.88 Å². The highest BCUT2D eigenvalue weighted by Crippen LogP contribution is 2.17. The number of nitrogens with zero attached hydrogens (tertiary/aromatic N) is 2. The third-order valence-corrected chi connectivity index (χ3v) is 1.76. The Balaban J connectivity index is 2.73. The van der Waals surface area contributed by atoms with Crippen LogP contribution < -0.4 is 4.74 Å². The van der Waals surface area contributed by atoms with Gasteiger partial charge in [-0.1, -0.05) is 6.58 Å². The number of hydrogen-bond donors (Lipinski definition) is 1. The Morgan fingerprint density at radius 2 is 2.38 bits per heavy atom. The number of methoxy groups -OCH3 is 1. The van der Waals surface area contributed by atoms with Crippen molar-refractivity contribution in [2.75, 3.05) is 7.11 Å². The fourth-order valence-corrected chi connectivity index (χ4v) is 1.15. The minimum absolute atomic E-state index is 0.491. The van der Waals surface area contributed by atoms with Gasteiger partial charge in [0, 0.05) is 6.20 Å². The van der Waals surface area contributed by atoms with E-state index >= 15 is 0 Å².